The van der Waals surface area contributed by atoms with Gasteiger partial charge in [0.15, 0.2) is 12.2 Å². The number of hydrogen-bond donors (Lipinski definition) is 3. The molecule has 3 N–H and O–H groups in total. The molecule has 0 aliphatic carbocycles. The summed E-state index contributed by atoms with van der Waals surface area (Å²) in [6.07, 6.45) is 58.9. The molecule has 0 aromatic heterocycles. The third-order valence-corrected chi connectivity index (χ3v) is 21.3. The van der Waals surface area contributed by atoms with Gasteiger partial charge in [-0.3, -0.25) is 37.3 Å². The number of unbranched alkanes of at least 4 members (excludes halogenated alkanes) is 44. The van der Waals surface area contributed by atoms with Gasteiger partial charge >= 0.3 is 39.5 Å². The number of aliphatic hydroxyl groups is 1. The number of carbonyl (C=O) groups excluding carboxylic acids is 4. The molecular formula is C82H160O17P2. The van der Waals surface area contributed by atoms with Crippen molar-refractivity contribution in [3.8, 4) is 0 Å². The Bertz CT molecular complexity index is 1970. The van der Waals surface area contributed by atoms with E-state index in [1.807, 2.05) is 0 Å². The first-order valence-corrected chi connectivity index (χ1v) is 45.2. The van der Waals surface area contributed by atoms with Gasteiger partial charge in [-0.1, -0.05) is 370 Å². The van der Waals surface area contributed by atoms with Crippen LogP contribution in [0.3, 0.4) is 0 Å². The Labute approximate surface area is 619 Å². The number of phosphoric ester groups is 2. The second-order valence-electron chi connectivity index (χ2n) is 31.2. The average molecular weight is 1480 g/mol. The fourth-order valence-electron chi connectivity index (χ4n) is 12.6. The first-order valence-electron chi connectivity index (χ1n) is 42.2. The molecule has 0 heterocycles. The number of ether oxygens (including phenoxy) is 4. The Morgan fingerprint density at radius 1 is 0.277 bits per heavy atom. The van der Waals surface area contributed by atoms with Crippen LogP contribution < -0.4 is 0 Å². The second-order valence-corrected chi connectivity index (χ2v) is 34.1. The molecule has 0 bridgehead atoms. The van der Waals surface area contributed by atoms with E-state index in [1.54, 1.807) is 0 Å². The highest BCUT2D eigenvalue weighted by Crippen LogP contribution is 2.45. The topological polar surface area (TPSA) is 237 Å². The van der Waals surface area contributed by atoms with Gasteiger partial charge in [0.1, 0.15) is 19.3 Å². The molecule has 0 saturated heterocycles. The van der Waals surface area contributed by atoms with Gasteiger partial charge in [0.2, 0.25) is 0 Å². The summed E-state index contributed by atoms with van der Waals surface area (Å²) in [6, 6.07) is 0. The van der Waals surface area contributed by atoms with Crippen molar-refractivity contribution in [1.82, 2.24) is 0 Å². The Morgan fingerprint density at radius 2 is 0.475 bits per heavy atom. The Morgan fingerprint density at radius 3 is 0.703 bits per heavy atom. The fraction of sp³-hybridized carbons (Fsp3) is 0.951. The van der Waals surface area contributed by atoms with Gasteiger partial charge in [-0.2, -0.15) is 0 Å². The van der Waals surface area contributed by atoms with Crippen molar-refractivity contribution in [2.75, 3.05) is 39.6 Å². The van der Waals surface area contributed by atoms with E-state index < -0.39 is 97.5 Å². The first kappa shape index (κ1) is 99.1. The Kier molecular flexibility index (Phi) is 69.6. The highest BCUT2D eigenvalue weighted by molar-refractivity contribution is 7.47. The quantitative estimate of drug-likeness (QED) is 0.0222. The highest BCUT2D eigenvalue weighted by atomic mass is 31.2. The van der Waals surface area contributed by atoms with Crippen molar-refractivity contribution in [2.24, 2.45) is 23.7 Å². The van der Waals surface area contributed by atoms with Crippen LogP contribution in [0.4, 0.5) is 0 Å². The lowest BCUT2D eigenvalue weighted by atomic mass is 9.99. The van der Waals surface area contributed by atoms with Gasteiger partial charge in [0.05, 0.1) is 26.4 Å². The highest BCUT2D eigenvalue weighted by Gasteiger charge is 2.30. The van der Waals surface area contributed by atoms with Crippen LogP contribution in [0.15, 0.2) is 0 Å². The fourth-order valence-corrected chi connectivity index (χ4v) is 14.2. The minimum atomic E-state index is -4.96. The van der Waals surface area contributed by atoms with Gasteiger partial charge in [-0.25, -0.2) is 9.13 Å². The molecule has 19 heteroatoms. The minimum Gasteiger partial charge on any atom is -0.462 e. The van der Waals surface area contributed by atoms with Crippen LogP contribution in [0.25, 0.3) is 0 Å². The van der Waals surface area contributed by atoms with Crippen molar-refractivity contribution in [3.63, 3.8) is 0 Å². The lowest BCUT2D eigenvalue weighted by molar-refractivity contribution is -0.161. The summed E-state index contributed by atoms with van der Waals surface area (Å²) in [5, 5.41) is 10.6. The molecule has 0 amide bonds. The van der Waals surface area contributed by atoms with Crippen LogP contribution in [0.1, 0.15) is 421 Å². The second kappa shape index (κ2) is 71.0. The molecule has 0 aliphatic rings. The lowest BCUT2D eigenvalue weighted by Gasteiger charge is -2.21. The third kappa shape index (κ3) is 74.7. The Balaban J connectivity index is 5.06. The molecule has 0 aromatic carbocycles. The number of phosphoric acid groups is 2. The molecule has 0 radical (unpaired) electrons. The molecular weight excluding hydrogens is 1320 g/mol. The molecule has 0 spiro atoms. The van der Waals surface area contributed by atoms with Crippen molar-refractivity contribution in [3.05, 3.63) is 0 Å². The van der Waals surface area contributed by atoms with Crippen LogP contribution in [0.5, 0.6) is 0 Å². The van der Waals surface area contributed by atoms with Gasteiger partial charge in [-0.05, 0) is 49.4 Å². The zero-order valence-corrected chi connectivity index (χ0v) is 68.3. The monoisotopic (exact) mass is 1480 g/mol. The summed E-state index contributed by atoms with van der Waals surface area (Å²) < 4.78 is 68.6. The van der Waals surface area contributed by atoms with Gasteiger partial charge in [0, 0.05) is 25.7 Å². The van der Waals surface area contributed by atoms with E-state index in [4.69, 9.17) is 37.0 Å². The number of esters is 4. The average Bonchev–Trinajstić information content (AvgIpc) is 0.923. The van der Waals surface area contributed by atoms with E-state index in [9.17, 15) is 43.2 Å². The van der Waals surface area contributed by atoms with E-state index in [0.717, 1.165) is 108 Å². The van der Waals surface area contributed by atoms with E-state index >= 15 is 0 Å². The number of hydrogen-bond acceptors (Lipinski definition) is 15. The van der Waals surface area contributed by atoms with Crippen LogP contribution in [0, 0.1) is 23.7 Å². The molecule has 3 unspecified atom stereocenters. The minimum absolute atomic E-state index is 0.102. The SMILES string of the molecule is CCC(C)CCCCCCCCCCCCCCCCCCCCC(=O)O[C@H](COC(=O)CCCCCCCCC(C)C)COP(=O)(O)OC[C@H](O)COP(=O)(O)OC[C@@H](COC(=O)CCCCCCCCCCCCCCCCCCCCC(C)C)OC(=O)CCCCCCCCC(C)C. The molecule has 0 aliphatic heterocycles. The molecule has 0 fully saturated rings. The van der Waals surface area contributed by atoms with Gasteiger partial charge in [0.25, 0.3) is 0 Å². The maximum absolute atomic E-state index is 13.1. The molecule has 0 aromatic rings. The predicted octanol–water partition coefficient (Wildman–Crippen LogP) is 24.4. The normalized spacial score (nSPS) is 14.3. The Hall–Kier alpha value is -1.94. The van der Waals surface area contributed by atoms with Gasteiger partial charge < -0.3 is 33.8 Å². The van der Waals surface area contributed by atoms with Crippen molar-refractivity contribution in [1.29, 1.82) is 0 Å². The summed E-state index contributed by atoms with van der Waals surface area (Å²) in [5.74, 6) is 0.921. The van der Waals surface area contributed by atoms with Crippen molar-refractivity contribution in [2.45, 2.75) is 440 Å². The molecule has 0 saturated carbocycles. The van der Waals surface area contributed by atoms with E-state index in [1.165, 1.54) is 218 Å². The first-order chi connectivity index (χ1) is 48.6. The van der Waals surface area contributed by atoms with E-state index in [0.29, 0.717) is 37.5 Å². The maximum Gasteiger partial charge on any atom is 0.472 e. The van der Waals surface area contributed by atoms with Crippen molar-refractivity contribution < 1.29 is 80.2 Å². The summed E-state index contributed by atoms with van der Waals surface area (Å²) in [4.78, 5) is 72.9. The third-order valence-electron chi connectivity index (χ3n) is 19.4. The molecule has 101 heavy (non-hydrogen) atoms. The molecule has 0 rings (SSSR count). The van der Waals surface area contributed by atoms with Crippen LogP contribution in [-0.2, 0) is 65.4 Å². The maximum atomic E-state index is 13.1. The largest absolute Gasteiger partial charge is 0.472 e. The predicted molar refractivity (Wildman–Crippen MR) is 414 cm³/mol. The number of aliphatic hydroxyl groups excluding tert-OH is 1. The van der Waals surface area contributed by atoms with Crippen LogP contribution in [0.2, 0.25) is 0 Å². The molecule has 6 atom stereocenters. The van der Waals surface area contributed by atoms with Crippen LogP contribution >= 0.6 is 15.6 Å². The van der Waals surface area contributed by atoms with Crippen molar-refractivity contribution >= 4 is 39.5 Å². The van der Waals surface area contributed by atoms with Gasteiger partial charge in [-0.15, -0.1) is 0 Å². The standard InChI is InChI=1S/C82H160O17P2/c1-9-75(8)61-53-45-35-31-27-23-19-15-11-13-17-21-25-29-33-37-48-56-64-81(86)98-77(69-93-80(85)63-55-47-40-38-43-51-59-73(4)5)70-96-100(88,89)94-66-76(83)67-95-101(90,91)97-71-78(99-82(87)65-57-49-41-39-44-52-60-74(6)7)68-92-79(84)62-54-46-36-32-28-24-20-16-12-10-14-18-22-26-30-34-42-50-58-72(2)3/h72-78,83H,9-71H2,1-8H3,(H,88,89)(H,90,91)/t75?,76-,77+,78+/m0/s1. The zero-order valence-electron chi connectivity index (χ0n) is 66.5. The molecule has 17 nitrogen and oxygen atoms in total. The number of rotatable bonds is 79. The summed E-state index contributed by atoms with van der Waals surface area (Å²) in [7, 11) is -9.92. The van der Waals surface area contributed by atoms with E-state index in [2.05, 4.69) is 55.4 Å². The summed E-state index contributed by atoms with van der Waals surface area (Å²) in [5.41, 5.74) is 0. The van der Waals surface area contributed by atoms with Crippen LogP contribution in [-0.4, -0.2) is 96.7 Å². The number of carbonyl (C=O) groups is 4. The van der Waals surface area contributed by atoms with E-state index in [-0.39, 0.29) is 25.7 Å². The summed E-state index contributed by atoms with van der Waals surface area (Å²) in [6.45, 7) is 14.2. The smallest absolute Gasteiger partial charge is 0.462 e. The molecule has 600 valence electrons. The summed E-state index contributed by atoms with van der Waals surface area (Å²) >= 11 is 0. The lowest BCUT2D eigenvalue weighted by Crippen LogP contribution is -2.30. The zero-order chi connectivity index (χ0) is 74.6.